The lowest BCUT2D eigenvalue weighted by molar-refractivity contribution is 0.622. The highest BCUT2D eigenvalue weighted by Gasteiger charge is 2.30. The van der Waals surface area contributed by atoms with Crippen molar-refractivity contribution in [1.82, 2.24) is 15.0 Å². The maximum absolute atomic E-state index is 13.7. The SMILES string of the molecule is CN(C)c1cccc(C(c2ccc(F)cc2)C(c2cccnc2)c2cccnc2)n1. The third kappa shape index (κ3) is 4.20. The fourth-order valence-electron chi connectivity index (χ4n) is 3.76. The van der Waals surface area contributed by atoms with Gasteiger partial charge in [-0.15, -0.1) is 0 Å². The van der Waals surface area contributed by atoms with Crippen LogP contribution in [0.1, 0.15) is 34.2 Å². The summed E-state index contributed by atoms with van der Waals surface area (Å²) in [6.45, 7) is 0. The topological polar surface area (TPSA) is 41.9 Å². The standard InChI is InChI=1S/C25H23FN4/c1-30(2)23-9-3-8-22(29-23)25(18-10-12-21(26)13-11-18)24(19-6-4-14-27-16-19)20-7-5-15-28-17-20/h3-17,24-25H,1-2H3. The van der Waals surface area contributed by atoms with Crippen molar-refractivity contribution in [1.29, 1.82) is 0 Å². The van der Waals surface area contributed by atoms with Crippen molar-refractivity contribution < 1.29 is 4.39 Å². The maximum atomic E-state index is 13.7. The van der Waals surface area contributed by atoms with E-state index in [2.05, 4.69) is 22.1 Å². The van der Waals surface area contributed by atoms with Gasteiger partial charge in [0, 0.05) is 50.7 Å². The second kappa shape index (κ2) is 8.82. The van der Waals surface area contributed by atoms with Gasteiger partial charge in [0.05, 0.1) is 5.69 Å². The Hall–Kier alpha value is -3.60. The van der Waals surface area contributed by atoms with Crippen LogP contribution in [0, 0.1) is 5.82 Å². The third-order valence-corrected chi connectivity index (χ3v) is 5.18. The van der Waals surface area contributed by atoms with Crippen LogP contribution in [0.5, 0.6) is 0 Å². The largest absolute Gasteiger partial charge is 0.363 e. The van der Waals surface area contributed by atoms with E-state index in [1.54, 1.807) is 12.4 Å². The lowest BCUT2D eigenvalue weighted by Gasteiger charge is -2.28. The van der Waals surface area contributed by atoms with E-state index in [0.29, 0.717) is 0 Å². The minimum Gasteiger partial charge on any atom is -0.363 e. The zero-order chi connectivity index (χ0) is 20.9. The highest BCUT2D eigenvalue weighted by Crippen LogP contribution is 2.42. The number of aromatic nitrogens is 3. The van der Waals surface area contributed by atoms with Gasteiger partial charge >= 0.3 is 0 Å². The lowest BCUT2D eigenvalue weighted by Crippen LogP contribution is -2.18. The van der Waals surface area contributed by atoms with Gasteiger partial charge in [0.1, 0.15) is 11.6 Å². The Balaban J connectivity index is 1.94. The molecule has 0 N–H and O–H groups in total. The number of hydrogen-bond donors (Lipinski definition) is 0. The van der Waals surface area contributed by atoms with Crippen LogP contribution in [-0.2, 0) is 0 Å². The Morgan fingerprint density at radius 3 is 1.87 bits per heavy atom. The van der Waals surface area contributed by atoms with Gasteiger partial charge < -0.3 is 4.90 Å². The van der Waals surface area contributed by atoms with Crippen LogP contribution in [-0.4, -0.2) is 29.0 Å². The van der Waals surface area contributed by atoms with Crippen molar-refractivity contribution in [2.45, 2.75) is 11.8 Å². The van der Waals surface area contributed by atoms with Crippen molar-refractivity contribution in [3.8, 4) is 0 Å². The quantitative estimate of drug-likeness (QED) is 0.456. The average Bonchev–Trinajstić information content (AvgIpc) is 2.79. The summed E-state index contributed by atoms with van der Waals surface area (Å²) in [5, 5.41) is 0. The summed E-state index contributed by atoms with van der Waals surface area (Å²) >= 11 is 0. The van der Waals surface area contributed by atoms with Crippen LogP contribution in [0.4, 0.5) is 10.2 Å². The number of rotatable bonds is 6. The molecule has 30 heavy (non-hydrogen) atoms. The zero-order valence-corrected chi connectivity index (χ0v) is 17.0. The molecule has 0 saturated heterocycles. The van der Waals surface area contributed by atoms with Crippen molar-refractivity contribution in [3.63, 3.8) is 0 Å². The molecule has 5 heteroatoms. The first-order valence-corrected chi connectivity index (χ1v) is 9.83. The fraction of sp³-hybridized carbons (Fsp3) is 0.160. The first-order chi connectivity index (χ1) is 14.6. The molecule has 0 radical (unpaired) electrons. The van der Waals surface area contributed by atoms with Gasteiger partial charge in [-0.1, -0.05) is 30.3 Å². The number of benzene rings is 1. The van der Waals surface area contributed by atoms with Crippen LogP contribution in [0.3, 0.4) is 0 Å². The molecule has 0 aliphatic carbocycles. The highest BCUT2D eigenvalue weighted by atomic mass is 19.1. The molecule has 0 spiro atoms. The molecule has 0 aliphatic heterocycles. The molecule has 0 aliphatic rings. The van der Waals surface area contributed by atoms with Gasteiger partial charge in [-0.05, 0) is 53.1 Å². The first kappa shape index (κ1) is 19.7. The smallest absolute Gasteiger partial charge is 0.128 e. The zero-order valence-electron chi connectivity index (χ0n) is 17.0. The van der Waals surface area contributed by atoms with Crippen molar-refractivity contribution in [2.75, 3.05) is 19.0 Å². The van der Waals surface area contributed by atoms with Crippen LogP contribution >= 0.6 is 0 Å². The molecule has 4 rings (SSSR count). The first-order valence-electron chi connectivity index (χ1n) is 9.83. The number of hydrogen-bond acceptors (Lipinski definition) is 4. The molecule has 3 heterocycles. The number of nitrogens with zero attached hydrogens (tertiary/aromatic N) is 4. The van der Waals surface area contributed by atoms with Gasteiger partial charge in [0.15, 0.2) is 0 Å². The van der Waals surface area contributed by atoms with Crippen molar-refractivity contribution in [2.24, 2.45) is 0 Å². The number of pyridine rings is 3. The summed E-state index contributed by atoms with van der Waals surface area (Å²) in [7, 11) is 3.94. The van der Waals surface area contributed by atoms with E-state index in [0.717, 1.165) is 28.2 Å². The van der Waals surface area contributed by atoms with E-state index < -0.39 is 0 Å². The summed E-state index contributed by atoms with van der Waals surface area (Å²) in [5.74, 6) is 0.393. The minimum atomic E-state index is -0.258. The third-order valence-electron chi connectivity index (χ3n) is 5.18. The summed E-state index contributed by atoms with van der Waals surface area (Å²) in [4.78, 5) is 15.6. The molecule has 150 valence electrons. The number of anilines is 1. The molecule has 4 aromatic rings. The summed E-state index contributed by atoms with van der Waals surface area (Å²) in [5.41, 5.74) is 4.00. The molecule has 0 fully saturated rings. The van der Waals surface area contributed by atoms with Gasteiger partial charge in [-0.3, -0.25) is 9.97 Å². The van der Waals surface area contributed by atoms with Crippen molar-refractivity contribution >= 4 is 5.82 Å². The Labute approximate surface area is 176 Å². The fourth-order valence-corrected chi connectivity index (χ4v) is 3.76. The van der Waals surface area contributed by atoms with E-state index in [1.165, 1.54) is 12.1 Å². The minimum absolute atomic E-state index is 0.0808. The Morgan fingerprint density at radius 1 is 0.700 bits per heavy atom. The van der Waals surface area contributed by atoms with Gasteiger partial charge in [-0.25, -0.2) is 9.37 Å². The van der Waals surface area contributed by atoms with Crippen molar-refractivity contribution in [3.05, 3.63) is 120 Å². The Bertz CT molecular complexity index is 1040. The van der Waals surface area contributed by atoms with Gasteiger partial charge in [0.25, 0.3) is 0 Å². The lowest BCUT2D eigenvalue weighted by atomic mass is 9.76. The van der Waals surface area contributed by atoms with E-state index in [9.17, 15) is 4.39 Å². The molecule has 0 bridgehead atoms. The Kier molecular flexibility index (Phi) is 5.80. The molecule has 4 nitrogen and oxygen atoms in total. The van der Waals surface area contributed by atoms with E-state index in [-0.39, 0.29) is 17.7 Å². The monoisotopic (exact) mass is 398 g/mol. The molecule has 1 unspecified atom stereocenters. The van der Waals surface area contributed by atoms with Gasteiger partial charge in [0.2, 0.25) is 0 Å². The normalized spacial score (nSPS) is 12.0. The summed E-state index contributed by atoms with van der Waals surface area (Å²) < 4.78 is 13.7. The molecule has 1 aromatic carbocycles. The average molecular weight is 398 g/mol. The van der Waals surface area contributed by atoms with Crippen LogP contribution in [0.15, 0.2) is 91.5 Å². The summed E-state index contributed by atoms with van der Waals surface area (Å²) in [6.07, 6.45) is 7.29. The molecular weight excluding hydrogens is 375 g/mol. The summed E-state index contributed by atoms with van der Waals surface area (Å²) in [6, 6.07) is 20.7. The predicted molar refractivity (Wildman–Crippen MR) is 117 cm³/mol. The van der Waals surface area contributed by atoms with E-state index in [1.807, 2.05) is 73.9 Å². The molecule has 3 aromatic heterocycles. The van der Waals surface area contributed by atoms with Crippen LogP contribution in [0.25, 0.3) is 0 Å². The maximum Gasteiger partial charge on any atom is 0.128 e. The predicted octanol–water partition coefficient (Wildman–Crippen LogP) is 5.04. The van der Waals surface area contributed by atoms with E-state index >= 15 is 0 Å². The second-order valence-corrected chi connectivity index (χ2v) is 7.39. The van der Waals surface area contributed by atoms with E-state index in [4.69, 9.17) is 4.98 Å². The molecular formula is C25H23FN4. The Morgan fingerprint density at radius 2 is 1.33 bits per heavy atom. The molecule has 0 saturated carbocycles. The molecule has 0 amide bonds. The van der Waals surface area contributed by atoms with Crippen LogP contribution in [0.2, 0.25) is 0 Å². The molecule has 1 atom stereocenters. The second-order valence-electron chi connectivity index (χ2n) is 7.39. The highest BCUT2D eigenvalue weighted by molar-refractivity contribution is 5.45. The van der Waals surface area contributed by atoms with Gasteiger partial charge in [-0.2, -0.15) is 0 Å². The van der Waals surface area contributed by atoms with Crippen LogP contribution < -0.4 is 4.90 Å². The number of halogens is 1.